The zero-order chi connectivity index (χ0) is 16.5. The molecular weight excluding hydrogens is 288 g/mol. The van der Waals surface area contributed by atoms with Crippen LogP contribution in [0.5, 0.6) is 0 Å². The average Bonchev–Trinajstić information content (AvgIpc) is 2.95. The maximum absolute atomic E-state index is 2.41. The Kier molecular flexibility index (Phi) is 3.98. The van der Waals surface area contributed by atoms with Crippen molar-refractivity contribution in [2.45, 2.75) is 31.6 Å². The average molecular weight is 312 g/mol. The number of benzene rings is 3. The van der Waals surface area contributed by atoms with Crippen LogP contribution in [-0.2, 0) is 0 Å². The van der Waals surface area contributed by atoms with Gasteiger partial charge in [0.15, 0.2) is 0 Å². The standard InChI is InChI=1S/C24H24/c1-17(19-11-5-3-6-12-19)23-18(2)21-15-9-10-16-22(21)24(23)20-13-7-4-8-14-20/h3-18,23-24H,1-2H3. The minimum absolute atomic E-state index is 0.479. The molecular formula is C24H24. The highest BCUT2D eigenvalue weighted by atomic mass is 14.4. The second-order valence-corrected chi connectivity index (χ2v) is 7.08. The molecule has 4 rings (SSSR count). The van der Waals surface area contributed by atoms with E-state index < -0.39 is 0 Å². The third-order valence-electron chi connectivity index (χ3n) is 5.85. The molecule has 1 aliphatic rings. The van der Waals surface area contributed by atoms with E-state index in [1.807, 2.05) is 0 Å². The predicted molar refractivity (Wildman–Crippen MR) is 101 cm³/mol. The lowest BCUT2D eigenvalue weighted by Crippen LogP contribution is -2.19. The molecule has 0 aliphatic heterocycles. The second kappa shape index (κ2) is 6.28. The SMILES string of the molecule is CC(c1ccccc1)C1C(C)c2ccccc2C1c1ccccc1. The zero-order valence-corrected chi connectivity index (χ0v) is 14.4. The molecule has 4 unspecified atom stereocenters. The van der Waals surface area contributed by atoms with Gasteiger partial charge in [-0.3, -0.25) is 0 Å². The fraction of sp³-hybridized carbons (Fsp3) is 0.250. The van der Waals surface area contributed by atoms with Gasteiger partial charge in [-0.05, 0) is 40.0 Å². The van der Waals surface area contributed by atoms with E-state index in [4.69, 9.17) is 0 Å². The molecule has 3 aromatic rings. The van der Waals surface area contributed by atoms with Crippen molar-refractivity contribution in [3.8, 4) is 0 Å². The molecule has 24 heavy (non-hydrogen) atoms. The summed E-state index contributed by atoms with van der Waals surface area (Å²) >= 11 is 0. The van der Waals surface area contributed by atoms with E-state index in [1.165, 1.54) is 22.3 Å². The molecule has 4 atom stereocenters. The second-order valence-electron chi connectivity index (χ2n) is 7.08. The lowest BCUT2D eigenvalue weighted by Gasteiger charge is -2.30. The zero-order valence-electron chi connectivity index (χ0n) is 14.4. The molecule has 0 N–H and O–H groups in total. The smallest absolute Gasteiger partial charge is 0.0132 e. The van der Waals surface area contributed by atoms with Crippen LogP contribution < -0.4 is 0 Å². The lowest BCUT2D eigenvalue weighted by molar-refractivity contribution is 0.376. The summed E-state index contributed by atoms with van der Waals surface area (Å²) in [6.07, 6.45) is 0. The molecule has 0 saturated heterocycles. The van der Waals surface area contributed by atoms with Crippen LogP contribution in [0.4, 0.5) is 0 Å². The molecule has 0 fully saturated rings. The number of rotatable bonds is 3. The first-order chi connectivity index (χ1) is 11.8. The Labute approximate surface area is 145 Å². The largest absolute Gasteiger partial charge is 0.0622 e. The molecule has 0 heteroatoms. The first kappa shape index (κ1) is 15.2. The monoisotopic (exact) mass is 312 g/mol. The van der Waals surface area contributed by atoms with E-state index in [-0.39, 0.29) is 0 Å². The van der Waals surface area contributed by atoms with Gasteiger partial charge >= 0.3 is 0 Å². The van der Waals surface area contributed by atoms with Gasteiger partial charge in [-0.25, -0.2) is 0 Å². The number of hydrogen-bond donors (Lipinski definition) is 0. The Hall–Kier alpha value is -2.34. The molecule has 0 heterocycles. The topological polar surface area (TPSA) is 0 Å². The summed E-state index contributed by atoms with van der Waals surface area (Å²) in [7, 11) is 0. The van der Waals surface area contributed by atoms with E-state index in [1.54, 1.807) is 0 Å². The highest BCUT2D eigenvalue weighted by Gasteiger charge is 2.41. The molecule has 0 bridgehead atoms. The summed E-state index contributed by atoms with van der Waals surface area (Å²) in [4.78, 5) is 0. The lowest BCUT2D eigenvalue weighted by atomic mass is 9.73. The van der Waals surface area contributed by atoms with Crippen LogP contribution in [0.1, 0.15) is 53.9 Å². The summed E-state index contributed by atoms with van der Waals surface area (Å²) in [5.41, 5.74) is 5.94. The highest BCUT2D eigenvalue weighted by Crippen LogP contribution is 2.54. The van der Waals surface area contributed by atoms with Gasteiger partial charge in [0.25, 0.3) is 0 Å². The van der Waals surface area contributed by atoms with E-state index in [9.17, 15) is 0 Å². The summed E-state index contributed by atoms with van der Waals surface area (Å²) < 4.78 is 0. The Morgan fingerprint density at radius 2 is 1.21 bits per heavy atom. The first-order valence-corrected chi connectivity index (χ1v) is 8.96. The van der Waals surface area contributed by atoms with Crippen LogP contribution in [0.2, 0.25) is 0 Å². The van der Waals surface area contributed by atoms with E-state index in [2.05, 4.69) is 98.8 Å². The van der Waals surface area contributed by atoms with E-state index in [0.29, 0.717) is 23.7 Å². The summed E-state index contributed by atoms with van der Waals surface area (Å²) in [5, 5.41) is 0. The van der Waals surface area contributed by atoms with Crippen LogP contribution in [0.25, 0.3) is 0 Å². The Morgan fingerprint density at radius 1 is 0.667 bits per heavy atom. The van der Waals surface area contributed by atoms with Crippen molar-refractivity contribution in [2.24, 2.45) is 5.92 Å². The van der Waals surface area contributed by atoms with Gasteiger partial charge < -0.3 is 0 Å². The van der Waals surface area contributed by atoms with E-state index >= 15 is 0 Å². The molecule has 1 aliphatic carbocycles. The maximum atomic E-state index is 2.41. The van der Waals surface area contributed by atoms with Crippen LogP contribution >= 0.6 is 0 Å². The molecule has 120 valence electrons. The Morgan fingerprint density at radius 3 is 1.88 bits per heavy atom. The minimum atomic E-state index is 0.479. The summed E-state index contributed by atoms with van der Waals surface area (Å²) in [6, 6.07) is 31.1. The van der Waals surface area contributed by atoms with Crippen LogP contribution in [0.15, 0.2) is 84.9 Å². The molecule has 0 radical (unpaired) electrons. The summed E-state index contributed by atoms with van der Waals surface area (Å²) in [5.74, 6) is 2.17. The van der Waals surface area contributed by atoms with Crippen molar-refractivity contribution in [1.82, 2.24) is 0 Å². The predicted octanol–water partition coefficient (Wildman–Crippen LogP) is 6.36. The summed E-state index contributed by atoms with van der Waals surface area (Å²) in [6.45, 7) is 4.81. The third kappa shape index (κ3) is 2.47. The fourth-order valence-corrected chi connectivity index (χ4v) is 4.67. The van der Waals surface area contributed by atoms with Gasteiger partial charge in [0, 0.05) is 5.92 Å². The van der Waals surface area contributed by atoms with Crippen LogP contribution in [0, 0.1) is 5.92 Å². The van der Waals surface area contributed by atoms with Gasteiger partial charge in [-0.15, -0.1) is 0 Å². The molecule has 0 nitrogen and oxygen atoms in total. The van der Waals surface area contributed by atoms with Crippen molar-refractivity contribution in [3.05, 3.63) is 107 Å². The van der Waals surface area contributed by atoms with E-state index in [0.717, 1.165) is 0 Å². The van der Waals surface area contributed by atoms with Gasteiger partial charge in [0.05, 0.1) is 0 Å². The fourth-order valence-electron chi connectivity index (χ4n) is 4.67. The van der Waals surface area contributed by atoms with Crippen molar-refractivity contribution in [2.75, 3.05) is 0 Å². The third-order valence-corrected chi connectivity index (χ3v) is 5.85. The van der Waals surface area contributed by atoms with Gasteiger partial charge in [0.2, 0.25) is 0 Å². The van der Waals surface area contributed by atoms with Crippen LogP contribution in [-0.4, -0.2) is 0 Å². The van der Waals surface area contributed by atoms with Crippen molar-refractivity contribution < 1.29 is 0 Å². The van der Waals surface area contributed by atoms with Gasteiger partial charge in [0.1, 0.15) is 0 Å². The molecule has 3 aromatic carbocycles. The number of hydrogen-bond acceptors (Lipinski definition) is 0. The molecule has 0 saturated carbocycles. The van der Waals surface area contributed by atoms with Crippen molar-refractivity contribution >= 4 is 0 Å². The quantitative estimate of drug-likeness (QED) is 0.528. The molecule has 0 spiro atoms. The van der Waals surface area contributed by atoms with Gasteiger partial charge in [-0.1, -0.05) is 98.8 Å². The van der Waals surface area contributed by atoms with Crippen LogP contribution in [0.3, 0.4) is 0 Å². The minimum Gasteiger partial charge on any atom is -0.0622 e. The van der Waals surface area contributed by atoms with Crippen molar-refractivity contribution in [3.63, 3.8) is 0 Å². The maximum Gasteiger partial charge on any atom is 0.0132 e. The first-order valence-electron chi connectivity index (χ1n) is 8.96. The highest BCUT2D eigenvalue weighted by molar-refractivity contribution is 5.47. The normalized spacial score (nSPS) is 23.7. The number of fused-ring (bicyclic) bond motifs is 1. The van der Waals surface area contributed by atoms with Gasteiger partial charge in [-0.2, -0.15) is 0 Å². The molecule has 0 amide bonds. The van der Waals surface area contributed by atoms with Crippen molar-refractivity contribution in [1.29, 1.82) is 0 Å². The Balaban J connectivity index is 1.83. The molecule has 0 aromatic heterocycles. The Bertz CT molecular complexity index is 804.